The highest BCUT2D eigenvalue weighted by Gasteiger charge is 2.27. The molecule has 1 aliphatic heterocycles. The van der Waals surface area contributed by atoms with Crippen LogP contribution in [0.2, 0.25) is 0 Å². The summed E-state index contributed by atoms with van der Waals surface area (Å²) in [5.41, 5.74) is 0.378. The molecule has 1 unspecified atom stereocenters. The van der Waals surface area contributed by atoms with Crippen LogP contribution in [-0.4, -0.2) is 36.6 Å². The normalized spacial score (nSPS) is 28.3. The summed E-state index contributed by atoms with van der Waals surface area (Å²) >= 11 is 0. The molecule has 0 radical (unpaired) electrons. The van der Waals surface area contributed by atoms with Gasteiger partial charge in [-0.1, -0.05) is 20.3 Å². The van der Waals surface area contributed by atoms with Gasteiger partial charge in [-0.05, 0) is 45.8 Å². The lowest BCUT2D eigenvalue weighted by molar-refractivity contribution is 0.169. The smallest absolute Gasteiger partial charge is 0.0280 e. The molecule has 14 heavy (non-hydrogen) atoms. The van der Waals surface area contributed by atoms with E-state index < -0.39 is 0 Å². The first-order chi connectivity index (χ1) is 6.70. The van der Waals surface area contributed by atoms with Crippen molar-refractivity contribution in [1.29, 1.82) is 0 Å². The Morgan fingerprint density at radius 1 is 1.29 bits per heavy atom. The van der Waals surface area contributed by atoms with Gasteiger partial charge in [0.25, 0.3) is 0 Å². The van der Waals surface area contributed by atoms with E-state index >= 15 is 0 Å². The predicted octanol–water partition coefficient (Wildman–Crippen LogP) is 2.25. The number of hydrogen-bond donors (Lipinski definition) is 1. The van der Waals surface area contributed by atoms with Crippen LogP contribution in [0.1, 0.15) is 46.5 Å². The molecule has 2 heteroatoms. The monoisotopic (exact) mass is 198 g/mol. The van der Waals surface area contributed by atoms with Gasteiger partial charge in [0, 0.05) is 12.1 Å². The summed E-state index contributed by atoms with van der Waals surface area (Å²) in [5.74, 6) is 0. The van der Waals surface area contributed by atoms with Crippen LogP contribution in [0.4, 0.5) is 0 Å². The summed E-state index contributed by atoms with van der Waals surface area (Å²) in [6.07, 6.45) is 5.36. The van der Waals surface area contributed by atoms with Gasteiger partial charge >= 0.3 is 0 Å². The summed E-state index contributed by atoms with van der Waals surface area (Å²) < 4.78 is 0. The van der Waals surface area contributed by atoms with Gasteiger partial charge in [0.15, 0.2) is 0 Å². The second-order valence-corrected chi connectivity index (χ2v) is 4.81. The summed E-state index contributed by atoms with van der Waals surface area (Å²) in [4.78, 5) is 2.57. The van der Waals surface area contributed by atoms with Gasteiger partial charge in [-0.2, -0.15) is 0 Å². The highest BCUT2D eigenvalue weighted by molar-refractivity contribution is 4.89. The van der Waals surface area contributed by atoms with Crippen molar-refractivity contribution in [1.82, 2.24) is 10.2 Å². The first kappa shape index (κ1) is 12.0. The zero-order chi connectivity index (χ0) is 10.4. The van der Waals surface area contributed by atoms with Crippen molar-refractivity contribution in [2.45, 2.75) is 52.0 Å². The molecule has 1 saturated heterocycles. The fourth-order valence-corrected chi connectivity index (χ4v) is 2.41. The van der Waals surface area contributed by atoms with Gasteiger partial charge in [-0.25, -0.2) is 0 Å². The molecule has 0 amide bonds. The third kappa shape index (κ3) is 3.58. The topological polar surface area (TPSA) is 15.3 Å². The van der Waals surface area contributed by atoms with Gasteiger partial charge in [0.1, 0.15) is 0 Å². The van der Waals surface area contributed by atoms with E-state index in [-0.39, 0.29) is 0 Å². The predicted molar refractivity (Wildman–Crippen MR) is 62.7 cm³/mol. The maximum atomic E-state index is 3.68. The van der Waals surface area contributed by atoms with Crippen LogP contribution in [0.3, 0.4) is 0 Å². The number of likely N-dealkylation sites (N-methyl/N-ethyl adjacent to an activating group) is 1. The van der Waals surface area contributed by atoms with E-state index in [0.29, 0.717) is 5.54 Å². The summed E-state index contributed by atoms with van der Waals surface area (Å²) in [7, 11) is 0. The lowest BCUT2D eigenvalue weighted by Crippen LogP contribution is -2.53. The zero-order valence-electron chi connectivity index (χ0n) is 10.1. The lowest BCUT2D eigenvalue weighted by Gasteiger charge is -2.39. The average molecular weight is 198 g/mol. The molecular weight excluding hydrogens is 172 g/mol. The van der Waals surface area contributed by atoms with Crippen LogP contribution >= 0.6 is 0 Å². The van der Waals surface area contributed by atoms with Crippen LogP contribution in [0, 0.1) is 0 Å². The van der Waals surface area contributed by atoms with E-state index in [4.69, 9.17) is 0 Å². The highest BCUT2D eigenvalue weighted by Crippen LogP contribution is 2.19. The van der Waals surface area contributed by atoms with E-state index in [9.17, 15) is 0 Å². The van der Waals surface area contributed by atoms with Crippen molar-refractivity contribution in [3.05, 3.63) is 0 Å². The Labute approximate surface area is 89.1 Å². The van der Waals surface area contributed by atoms with Gasteiger partial charge in [0.05, 0.1) is 0 Å². The van der Waals surface area contributed by atoms with E-state index in [1.54, 1.807) is 0 Å². The third-order valence-electron chi connectivity index (χ3n) is 3.27. The van der Waals surface area contributed by atoms with Crippen molar-refractivity contribution in [2.24, 2.45) is 0 Å². The molecule has 0 aliphatic carbocycles. The molecule has 1 aliphatic rings. The minimum atomic E-state index is 0.378. The number of piperidine rings is 1. The maximum absolute atomic E-state index is 3.68. The van der Waals surface area contributed by atoms with E-state index in [1.165, 1.54) is 51.9 Å². The minimum Gasteiger partial charge on any atom is -0.310 e. The number of rotatable bonds is 5. The van der Waals surface area contributed by atoms with Crippen molar-refractivity contribution in [2.75, 3.05) is 26.2 Å². The van der Waals surface area contributed by atoms with Crippen LogP contribution in [-0.2, 0) is 0 Å². The van der Waals surface area contributed by atoms with Crippen molar-refractivity contribution in [3.8, 4) is 0 Å². The summed E-state index contributed by atoms with van der Waals surface area (Å²) in [5, 5.41) is 3.68. The van der Waals surface area contributed by atoms with Gasteiger partial charge in [-0.3, -0.25) is 0 Å². The molecule has 1 fully saturated rings. The van der Waals surface area contributed by atoms with Crippen molar-refractivity contribution in [3.63, 3.8) is 0 Å². The standard InChI is InChI=1S/C12H26N2/c1-4-10-14(5-2)11-12(3)8-6-7-9-13-12/h13H,4-11H2,1-3H3. The summed E-state index contributed by atoms with van der Waals surface area (Å²) in [6.45, 7) is 11.8. The largest absolute Gasteiger partial charge is 0.310 e. The third-order valence-corrected chi connectivity index (χ3v) is 3.27. The van der Waals surface area contributed by atoms with Gasteiger partial charge in [-0.15, -0.1) is 0 Å². The lowest BCUT2D eigenvalue weighted by atomic mass is 9.90. The molecule has 84 valence electrons. The van der Waals surface area contributed by atoms with Crippen LogP contribution < -0.4 is 5.32 Å². The maximum Gasteiger partial charge on any atom is 0.0280 e. The Hall–Kier alpha value is -0.0800. The van der Waals surface area contributed by atoms with E-state index in [0.717, 1.165) is 0 Å². The Morgan fingerprint density at radius 2 is 2.07 bits per heavy atom. The molecule has 1 heterocycles. The molecule has 0 spiro atoms. The molecule has 1 rings (SSSR count). The average Bonchev–Trinajstić information content (AvgIpc) is 2.18. The first-order valence-corrected chi connectivity index (χ1v) is 6.17. The molecule has 0 aromatic rings. The number of hydrogen-bond acceptors (Lipinski definition) is 2. The van der Waals surface area contributed by atoms with Crippen LogP contribution in [0.15, 0.2) is 0 Å². The molecule has 2 nitrogen and oxygen atoms in total. The fraction of sp³-hybridized carbons (Fsp3) is 1.00. The Morgan fingerprint density at radius 3 is 2.57 bits per heavy atom. The molecule has 0 saturated carbocycles. The van der Waals surface area contributed by atoms with Gasteiger partial charge < -0.3 is 10.2 Å². The van der Waals surface area contributed by atoms with E-state index in [2.05, 4.69) is 31.0 Å². The Kier molecular flexibility index (Phi) is 4.90. The Bertz CT molecular complexity index is 150. The first-order valence-electron chi connectivity index (χ1n) is 6.17. The van der Waals surface area contributed by atoms with Crippen molar-refractivity contribution >= 4 is 0 Å². The van der Waals surface area contributed by atoms with E-state index in [1.807, 2.05) is 0 Å². The zero-order valence-corrected chi connectivity index (χ0v) is 10.1. The molecule has 0 bridgehead atoms. The fourth-order valence-electron chi connectivity index (χ4n) is 2.41. The van der Waals surface area contributed by atoms with Crippen LogP contribution in [0.5, 0.6) is 0 Å². The molecule has 1 N–H and O–H groups in total. The number of nitrogens with zero attached hydrogens (tertiary/aromatic N) is 1. The molecular formula is C12H26N2. The molecule has 0 aromatic heterocycles. The quantitative estimate of drug-likeness (QED) is 0.729. The Balaban J connectivity index is 2.38. The second kappa shape index (κ2) is 5.72. The summed E-state index contributed by atoms with van der Waals surface area (Å²) in [6, 6.07) is 0. The van der Waals surface area contributed by atoms with Crippen LogP contribution in [0.25, 0.3) is 0 Å². The SMILES string of the molecule is CCCN(CC)CC1(C)CCCCN1. The number of nitrogens with one attached hydrogen (secondary N) is 1. The second-order valence-electron chi connectivity index (χ2n) is 4.81. The van der Waals surface area contributed by atoms with Crippen molar-refractivity contribution < 1.29 is 0 Å². The minimum absolute atomic E-state index is 0.378. The highest BCUT2D eigenvalue weighted by atomic mass is 15.2. The molecule has 1 atom stereocenters. The molecule has 0 aromatic carbocycles. The van der Waals surface area contributed by atoms with Gasteiger partial charge in [0.2, 0.25) is 0 Å².